The number of Topliss-reactive ketones (excluding diaryl/α,β-unsaturated/α-hetero) is 1. The number of nitrogens with zero attached hydrogens (tertiary/aromatic N) is 3. The Labute approximate surface area is 344 Å². The number of carbonyl (C=O) groups excluding carboxylic acids is 4. The SMILES string of the molecule is COc1ccc2c(O[C@@H]3C[C@H]4C(=O)C[C@]5(C(=O)NS(=O)(=O)C6CC6)C[C@H]5/C=C\CCCCC[C@H](CC(=O)OC(C)(C)C)C(=O)N4C3)cc(-c3ccccn3)nc2c1Cl. The van der Waals surface area contributed by atoms with Gasteiger partial charge < -0.3 is 19.1 Å². The minimum absolute atomic E-state index is 0.0191. The summed E-state index contributed by atoms with van der Waals surface area (Å²) < 4.78 is 46.0. The van der Waals surface area contributed by atoms with Crippen LogP contribution in [0.3, 0.4) is 0 Å². The van der Waals surface area contributed by atoms with Crippen LogP contribution in [0.5, 0.6) is 11.5 Å². The lowest BCUT2D eigenvalue weighted by atomic mass is 9.90. The van der Waals surface area contributed by atoms with Crippen molar-refractivity contribution in [2.24, 2.45) is 17.3 Å². The molecule has 58 heavy (non-hydrogen) atoms. The third-order valence-corrected chi connectivity index (χ3v) is 13.6. The number of carbonyl (C=O) groups is 4. The summed E-state index contributed by atoms with van der Waals surface area (Å²) in [6.07, 6.45) is 9.28. The van der Waals surface area contributed by atoms with Crippen molar-refractivity contribution in [3.63, 3.8) is 0 Å². The molecule has 3 fully saturated rings. The number of allylic oxidation sites excluding steroid dienone is 2. The van der Waals surface area contributed by atoms with Crippen molar-refractivity contribution < 1.29 is 41.8 Å². The highest BCUT2D eigenvalue weighted by Gasteiger charge is 2.61. The average molecular weight is 835 g/mol. The van der Waals surface area contributed by atoms with Gasteiger partial charge in [-0.2, -0.15) is 0 Å². The molecule has 0 radical (unpaired) electrons. The molecule has 3 aromatic rings. The Balaban J connectivity index is 1.24. The van der Waals surface area contributed by atoms with E-state index in [1.807, 2.05) is 24.3 Å². The zero-order valence-electron chi connectivity index (χ0n) is 33.4. The van der Waals surface area contributed by atoms with Crippen LogP contribution in [0.25, 0.3) is 22.3 Å². The minimum atomic E-state index is -3.87. The average Bonchev–Trinajstić information content (AvgIpc) is 4.10. The fourth-order valence-corrected chi connectivity index (χ4v) is 9.86. The predicted octanol–water partition coefficient (Wildman–Crippen LogP) is 6.75. The number of hydrogen-bond acceptors (Lipinski definition) is 11. The van der Waals surface area contributed by atoms with Crippen LogP contribution in [0.2, 0.25) is 5.02 Å². The van der Waals surface area contributed by atoms with E-state index in [1.54, 1.807) is 51.2 Å². The maximum absolute atomic E-state index is 14.7. The number of esters is 1. The maximum Gasteiger partial charge on any atom is 0.307 e. The summed E-state index contributed by atoms with van der Waals surface area (Å²) in [5.41, 5.74) is -0.554. The van der Waals surface area contributed by atoms with Gasteiger partial charge in [0.1, 0.15) is 28.2 Å². The van der Waals surface area contributed by atoms with E-state index in [0.717, 1.165) is 19.3 Å². The summed E-state index contributed by atoms with van der Waals surface area (Å²) in [6, 6.07) is 9.67. The molecule has 0 spiro atoms. The van der Waals surface area contributed by atoms with Gasteiger partial charge in [0.2, 0.25) is 21.8 Å². The van der Waals surface area contributed by atoms with Crippen molar-refractivity contribution in [2.45, 2.75) is 114 Å². The van der Waals surface area contributed by atoms with Crippen molar-refractivity contribution >= 4 is 56.1 Å². The van der Waals surface area contributed by atoms with E-state index in [1.165, 1.54) is 12.0 Å². The molecule has 1 N–H and O–H groups in total. The van der Waals surface area contributed by atoms with Gasteiger partial charge in [0.25, 0.3) is 0 Å². The van der Waals surface area contributed by atoms with Gasteiger partial charge in [0.15, 0.2) is 5.78 Å². The molecule has 2 amide bonds. The molecule has 1 aromatic carbocycles. The third-order valence-electron chi connectivity index (χ3n) is 11.5. The molecule has 5 atom stereocenters. The first-order valence-electron chi connectivity index (χ1n) is 20.1. The second-order valence-electron chi connectivity index (χ2n) is 17.0. The molecule has 310 valence electrons. The zero-order valence-corrected chi connectivity index (χ0v) is 34.9. The zero-order chi connectivity index (χ0) is 41.4. The highest BCUT2D eigenvalue weighted by atomic mass is 35.5. The minimum Gasteiger partial charge on any atom is -0.495 e. The number of aromatic nitrogens is 2. The predicted molar refractivity (Wildman–Crippen MR) is 217 cm³/mol. The highest BCUT2D eigenvalue weighted by Crippen LogP contribution is 2.57. The smallest absolute Gasteiger partial charge is 0.307 e. The number of nitrogens with one attached hydrogen (secondary N) is 1. The van der Waals surface area contributed by atoms with Crippen molar-refractivity contribution in [1.29, 1.82) is 0 Å². The van der Waals surface area contributed by atoms with Gasteiger partial charge in [-0.3, -0.25) is 28.9 Å². The summed E-state index contributed by atoms with van der Waals surface area (Å²) >= 11 is 6.80. The molecule has 7 rings (SSSR count). The Morgan fingerprint density at radius 2 is 1.83 bits per heavy atom. The number of benzene rings is 1. The van der Waals surface area contributed by atoms with E-state index >= 15 is 0 Å². The summed E-state index contributed by atoms with van der Waals surface area (Å²) in [5.74, 6) is -2.20. The van der Waals surface area contributed by atoms with Gasteiger partial charge in [-0.25, -0.2) is 13.4 Å². The molecule has 0 bridgehead atoms. The van der Waals surface area contributed by atoms with Crippen molar-refractivity contribution in [3.05, 3.63) is 59.8 Å². The lowest BCUT2D eigenvalue weighted by molar-refractivity contribution is -0.159. The molecule has 15 heteroatoms. The van der Waals surface area contributed by atoms with Gasteiger partial charge in [0, 0.05) is 36.4 Å². The molecular weight excluding hydrogens is 784 g/mol. The normalized spacial score (nSPS) is 26.1. The Hall–Kier alpha value is -4.56. The molecule has 2 aliphatic carbocycles. The van der Waals surface area contributed by atoms with Crippen LogP contribution in [0.4, 0.5) is 0 Å². The first-order valence-corrected chi connectivity index (χ1v) is 22.0. The molecule has 2 aromatic heterocycles. The number of rotatable bonds is 9. The fraction of sp³-hybridized carbons (Fsp3) is 0.535. The number of amides is 2. The van der Waals surface area contributed by atoms with Gasteiger partial charge >= 0.3 is 5.97 Å². The first kappa shape index (κ1) is 41.6. The highest BCUT2D eigenvalue weighted by molar-refractivity contribution is 7.90. The van der Waals surface area contributed by atoms with Crippen LogP contribution in [-0.4, -0.2) is 83.5 Å². The van der Waals surface area contributed by atoms with E-state index in [0.29, 0.717) is 65.9 Å². The number of hydrogen-bond donors (Lipinski definition) is 1. The number of fused-ring (bicyclic) bond motifs is 3. The van der Waals surface area contributed by atoms with E-state index in [2.05, 4.69) is 9.71 Å². The number of sulfonamides is 1. The van der Waals surface area contributed by atoms with E-state index in [9.17, 15) is 27.6 Å². The van der Waals surface area contributed by atoms with Crippen molar-refractivity contribution in [1.82, 2.24) is 19.6 Å². The Bertz CT molecular complexity index is 2220. The third kappa shape index (κ3) is 9.17. The second kappa shape index (κ2) is 16.6. The van der Waals surface area contributed by atoms with Crippen LogP contribution in [0, 0.1) is 17.3 Å². The number of methoxy groups -OCH3 is 1. The molecule has 2 aliphatic heterocycles. The summed E-state index contributed by atoms with van der Waals surface area (Å²) in [7, 11) is -2.36. The second-order valence-corrected chi connectivity index (χ2v) is 19.4. The quantitative estimate of drug-likeness (QED) is 0.179. The molecule has 4 heterocycles. The van der Waals surface area contributed by atoms with Gasteiger partial charge in [-0.1, -0.05) is 42.7 Å². The number of pyridine rings is 2. The molecule has 2 saturated carbocycles. The summed E-state index contributed by atoms with van der Waals surface area (Å²) in [4.78, 5) is 67.3. The number of ether oxygens (including phenoxy) is 3. The van der Waals surface area contributed by atoms with Crippen molar-refractivity contribution in [3.8, 4) is 22.9 Å². The van der Waals surface area contributed by atoms with Crippen molar-refractivity contribution in [2.75, 3.05) is 13.7 Å². The molecule has 4 aliphatic rings. The van der Waals surface area contributed by atoms with Crippen LogP contribution in [0.15, 0.2) is 54.7 Å². The molecule has 1 saturated heterocycles. The number of ketones is 1. The van der Waals surface area contributed by atoms with Gasteiger partial charge in [-0.05, 0) is 89.5 Å². The van der Waals surface area contributed by atoms with Gasteiger partial charge in [-0.15, -0.1) is 0 Å². The largest absolute Gasteiger partial charge is 0.495 e. The van der Waals surface area contributed by atoms with Crippen LogP contribution in [-0.2, 0) is 33.9 Å². The van der Waals surface area contributed by atoms with Crippen LogP contribution >= 0.6 is 11.6 Å². The molecule has 0 unspecified atom stereocenters. The Morgan fingerprint density at radius 3 is 2.53 bits per heavy atom. The monoisotopic (exact) mass is 834 g/mol. The number of halogens is 1. The fourth-order valence-electron chi connectivity index (χ4n) is 8.19. The molecule has 13 nitrogen and oxygen atoms in total. The summed E-state index contributed by atoms with van der Waals surface area (Å²) in [6.45, 7) is 5.33. The first-order chi connectivity index (χ1) is 27.6. The standard InChI is InChI=1S/C43H51ClN4O9S/c1-42(2,3)57-37(50)20-26-12-8-6-5-7-9-13-27-23-43(27,41(52)47-58(53,54)29-15-16-29)24-34(49)33-21-28(25-48(33)40(26)51)56-36-22-32(31-14-10-11-19-45-31)46-39-30(36)17-18-35(55-4)38(39)44/h9-11,13-14,17-19,22,26-29,33H,5-8,12,15-16,20-21,23-25H2,1-4H3,(H,47,52)/b13-9-/t26-,27-,28-,33+,43-/m1/s1. The van der Waals surface area contributed by atoms with E-state index < -0.39 is 56.2 Å². The lowest BCUT2D eigenvalue weighted by Gasteiger charge is -2.29. The Morgan fingerprint density at radius 1 is 1.03 bits per heavy atom. The summed E-state index contributed by atoms with van der Waals surface area (Å²) in [5, 5.41) is 0.243. The lowest BCUT2D eigenvalue weighted by Crippen LogP contribution is -2.46. The van der Waals surface area contributed by atoms with E-state index in [4.69, 9.17) is 30.8 Å². The van der Waals surface area contributed by atoms with Gasteiger partial charge in [0.05, 0.1) is 53.7 Å². The van der Waals surface area contributed by atoms with Crippen LogP contribution in [0.1, 0.15) is 91.4 Å². The Kier molecular flexibility index (Phi) is 11.9. The molecular formula is C43H51ClN4O9S. The van der Waals surface area contributed by atoms with Crippen LogP contribution < -0.4 is 14.2 Å². The van der Waals surface area contributed by atoms with E-state index in [-0.39, 0.29) is 48.4 Å². The maximum atomic E-state index is 14.7. The topological polar surface area (TPSA) is 171 Å².